The molecule has 1 unspecified atom stereocenters. The number of ether oxygens (including phenoxy) is 1. The van der Waals surface area contributed by atoms with Crippen molar-refractivity contribution in [2.24, 2.45) is 0 Å². The number of ketones is 1. The topological polar surface area (TPSA) is 65.2 Å². The van der Waals surface area contributed by atoms with Crippen molar-refractivity contribution in [3.63, 3.8) is 0 Å². The lowest BCUT2D eigenvalue weighted by Gasteiger charge is -2.04. The number of rotatable bonds is 3. The van der Waals surface area contributed by atoms with E-state index >= 15 is 0 Å². The lowest BCUT2D eigenvalue weighted by atomic mass is 10.1. The highest BCUT2D eigenvalue weighted by Crippen LogP contribution is 2.30. The van der Waals surface area contributed by atoms with Gasteiger partial charge in [-0.25, -0.2) is 0 Å². The Morgan fingerprint density at radius 2 is 2.30 bits per heavy atom. The molecule has 1 aliphatic rings. The molecule has 1 aromatic heterocycles. The molecule has 0 saturated carbocycles. The van der Waals surface area contributed by atoms with E-state index in [0.717, 1.165) is 22.6 Å². The van der Waals surface area contributed by atoms with Crippen LogP contribution in [-0.2, 0) is 4.79 Å². The van der Waals surface area contributed by atoms with Crippen molar-refractivity contribution in [1.29, 1.82) is 0 Å². The van der Waals surface area contributed by atoms with Gasteiger partial charge in [-0.2, -0.15) is 16.7 Å². The van der Waals surface area contributed by atoms with Crippen molar-refractivity contribution < 1.29 is 14.1 Å². The minimum atomic E-state index is -0.249. The van der Waals surface area contributed by atoms with Gasteiger partial charge in [0.1, 0.15) is 11.7 Å². The second-order valence-electron chi connectivity index (χ2n) is 4.67. The summed E-state index contributed by atoms with van der Waals surface area (Å²) in [6.07, 6.45) is 0. The number of thioether (sulfide) groups is 1. The Morgan fingerprint density at radius 1 is 1.45 bits per heavy atom. The van der Waals surface area contributed by atoms with Crippen LogP contribution >= 0.6 is 11.8 Å². The number of carbonyl (C=O) groups is 1. The molecule has 0 radical (unpaired) electrons. The summed E-state index contributed by atoms with van der Waals surface area (Å²) in [7, 11) is 1.64. The highest BCUT2D eigenvalue weighted by Gasteiger charge is 2.31. The number of aromatic nitrogens is 2. The fourth-order valence-electron chi connectivity index (χ4n) is 2.19. The van der Waals surface area contributed by atoms with Gasteiger partial charge in [0.05, 0.1) is 12.9 Å². The minimum Gasteiger partial charge on any atom is -0.496 e. The second kappa shape index (κ2) is 5.28. The molecule has 1 fully saturated rings. The normalized spacial score (nSPS) is 18.5. The summed E-state index contributed by atoms with van der Waals surface area (Å²) in [6.45, 7) is 1.96. The lowest BCUT2D eigenvalue weighted by Crippen LogP contribution is -2.09. The van der Waals surface area contributed by atoms with Crippen LogP contribution in [0, 0.1) is 6.92 Å². The molecule has 0 bridgehead atoms. The minimum absolute atomic E-state index is 0.163. The van der Waals surface area contributed by atoms with E-state index in [1.165, 1.54) is 0 Å². The van der Waals surface area contributed by atoms with Crippen LogP contribution in [-0.4, -0.2) is 34.5 Å². The first-order valence-electron chi connectivity index (χ1n) is 6.28. The molecule has 1 aliphatic heterocycles. The number of benzene rings is 1. The van der Waals surface area contributed by atoms with Gasteiger partial charge in [-0.05, 0) is 30.7 Å². The molecule has 104 valence electrons. The highest BCUT2D eigenvalue weighted by molar-refractivity contribution is 8.00. The quantitative estimate of drug-likeness (QED) is 0.865. The van der Waals surface area contributed by atoms with Crippen molar-refractivity contribution >= 4 is 17.5 Å². The first-order chi connectivity index (χ1) is 9.69. The molecule has 0 amide bonds. The molecule has 1 atom stereocenters. The Hall–Kier alpha value is -1.82. The monoisotopic (exact) mass is 290 g/mol. The van der Waals surface area contributed by atoms with Gasteiger partial charge < -0.3 is 9.26 Å². The number of aryl methyl sites for hydroxylation is 1. The van der Waals surface area contributed by atoms with Crippen LogP contribution in [0.15, 0.2) is 22.7 Å². The van der Waals surface area contributed by atoms with Crippen LogP contribution in [0.1, 0.15) is 17.4 Å². The molecule has 1 saturated heterocycles. The number of methoxy groups -OCH3 is 1. The van der Waals surface area contributed by atoms with Crippen LogP contribution in [0.2, 0.25) is 0 Å². The molecular weight excluding hydrogens is 276 g/mol. The Kier molecular flexibility index (Phi) is 3.48. The summed E-state index contributed by atoms with van der Waals surface area (Å²) in [5.74, 6) is 2.92. The van der Waals surface area contributed by atoms with Crippen LogP contribution in [0.25, 0.3) is 11.4 Å². The molecule has 6 heteroatoms. The fourth-order valence-corrected chi connectivity index (χ4v) is 3.28. The van der Waals surface area contributed by atoms with E-state index in [4.69, 9.17) is 9.26 Å². The fraction of sp³-hybridized carbons (Fsp3) is 0.357. The largest absolute Gasteiger partial charge is 0.496 e. The zero-order valence-corrected chi connectivity index (χ0v) is 12.1. The Labute approximate surface area is 120 Å². The maximum absolute atomic E-state index is 11.7. The van der Waals surface area contributed by atoms with Crippen LogP contribution in [0.3, 0.4) is 0 Å². The van der Waals surface area contributed by atoms with E-state index < -0.39 is 0 Å². The second-order valence-corrected chi connectivity index (χ2v) is 5.70. The van der Waals surface area contributed by atoms with Crippen LogP contribution in [0.4, 0.5) is 0 Å². The number of hydrogen-bond acceptors (Lipinski definition) is 6. The predicted octanol–water partition coefficient (Wildman–Crippen LogP) is 2.45. The first kappa shape index (κ1) is 13.2. The van der Waals surface area contributed by atoms with Crippen LogP contribution in [0.5, 0.6) is 5.75 Å². The summed E-state index contributed by atoms with van der Waals surface area (Å²) in [5, 5.41) is 3.97. The summed E-state index contributed by atoms with van der Waals surface area (Å²) >= 11 is 1.60. The molecule has 2 aromatic rings. The lowest BCUT2D eigenvalue weighted by molar-refractivity contribution is -0.117. The zero-order valence-electron chi connectivity index (χ0n) is 11.3. The van der Waals surface area contributed by atoms with Crippen molar-refractivity contribution in [1.82, 2.24) is 10.1 Å². The Morgan fingerprint density at radius 3 is 2.95 bits per heavy atom. The maximum Gasteiger partial charge on any atom is 0.238 e. The molecule has 0 N–H and O–H groups in total. The first-order valence-corrected chi connectivity index (χ1v) is 7.43. The predicted molar refractivity (Wildman–Crippen MR) is 76.1 cm³/mol. The van der Waals surface area contributed by atoms with Crippen LogP contribution < -0.4 is 4.74 Å². The number of Topliss-reactive ketones (excluding diaryl/α,β-unsaturated/α-hetero) is 1. The van der Waals surface area contributed by atoms with E-state index in [-0.39, 0.29) is 11.7 Å². The van der Waals surface area contributed by atoms with Gasteiger partial charge in [0, 0.05) is 11.3 Å². The van der Waals surface area contributed by atoms with E-state index in [2.05, 4.69) is 10.1 Å². The third-order valence-corrected chi connectivity index (χ3v) is 4.37. The smallest absolute Gasteiger partial charge is 0.238 e. The molecule has 0 aliphatic carbocycles. The van der Waals surface area contributed by atoms with E-state index in [0.29, 0.717) is 17.5 Å². The number of carbonyl (C=O) groups excluding carboxylic acids is 1. The summed E-state index contributed by atoms with van der Waals surface area (Å²) in [5.41, 5.74) is 1.86. The zero-order chi connectivity index (χ0) is 14.1. The molecule has 3 rings (SSSR count). The van der Waals surface area contributed by atoms with E-state index in [1.807, 2.05) is 25.1 Å². The highest BCUT2D eigenvalue weighted by atomic mass is 32.2. The van der Waals surface area contributed by atoms with Gasteiger partial charge in [0.15, 0.2) is 5.78 Å². The molecule has 5 nitrogen and oxygen atoms in total. The molecule has 2 heterocycles. The maximum atomic E-state index is 11.7. The van der Waals surface area contributed by atoms with E-state index in [9.17, 15) is 4.79 Å². The van der Waals surface area contributed by atoms with Gasteiger partial charge in [0.25, 0.3) is 0 Å². The third kappa shape index (κ3) is 2.31. The van der Waals surface area contributed by atoms with Crippen molar-refractivity contribution in [3.05, 3.63) is 29.7 Å². The SMILES string of the molecule is COc1ccc(-c2noc(C3CSCC3=O)n2)cc1C. The molecule has 20 heavy (non-hydrogen) atoms. The average Bonchev–Trinajstić information content (AvgIpc) is 3.07. The van der Waals surface area contributed by atoms with Gasteiger partial charge >= 0.3 is 0 Å². The average molecular weight is 290 g/mol. The standard InChI is InChI=1S/C14H14N2O3S/c1-8-5-9(3-4-12(8)18-2)13-15-14(19-16-13)10-6-20-7-11(10)17/h3-5,10H,6-7H2,1-2H3. The summed E-state index contributed by atoms with van der Waals surface area (Å²) < 4.78 is 10.5. The number of hydrogen-bond donors (Lipinski definition) is 0. The van der Waals surface area contributed by atoms with E-state index in [1.54, 1.807) is 18.9 Å². The van der Waals surface area contributed by atoms with Gasteiger partial charge in [-0.3, -0.25) is 4.79 Å². The van der Waals surface area contributed by atoms with Gasteiger partial charge in [0.2, 0.25) is 11.7 Å². The molecule has 1 aromatic carbocycles. The Balaban J connectivity index is 1.90. The van der Waals surface area contributed by atoms with Crippen molar-refractivity contribution in [3.8, 4) is 17.1 Å². The summed E-state index contributed by atoms with van der Waals surface area (Å²) in [4.78, 5) is 16.0. The van der Waals surface area contributed by atoms with Gasteiger partial charge in [-0.15, -0.1) is 0 Å². The molecule has 0 spiro atoms. The van der Waals surface area contributed by atoms with Gasteiger partial charge in [-0.1, -0.05) is 5.16 Å². The summed E-state index contributed by atoms with van der Waals surface area (Å²) in [6, 6.07) is 5.70. The van der Waals surface area contributed by atoms with Crippen molar-refractivity contribution in [2.75, 3.05) is 18.6 Å². The Bertz CT molecular complexity index is 654. The third-order valence-electron chi connectivity index (χ3n) is 3.31. The van der Waals surface area contributed by atoms with Crippen molar-refractivity contribution in [2.45, 2.75) is 12.8 Å². The number of nitrogens with zero attached hydrogens (tertiary/aromatic N) is 2. The molecular formula is C14H14N2O3S.